The third-order valence-electron chi connectivity index (χ3n) is 4.53. The smallest absolute Gasteiger partial charge is 0.370 e. The minimum atomic E-state index is -4.52. The number of anilines is 1. The van der Waals surface area contributed by atoms with Crippen molar-refractivity contribution in [2.24, 2.45) is 0 Å². The Morgan fingerprint density at radius 1 is 1.20 bits per heavy atom. The van der Waals surface area contributed by atoms with Gasteiger partial charge in [-0.3, -0.25) is 9.69 Å². The minimum absolute atomic E-state index is 0.0215. The molecule has 2 heterocycles. The Labute approximate surface area is 166 Å². The van der Waals surface area contributed by atoms with Crippen LogP contribution in [0.5, 0.6) is 0 Å². The van der Waals surface area contributed by atoms with Gasteiger partial charge >= 0.3 is 18.5 Å². The molecule has 1 aromatic carbocycles. The van der Waals surface area contributed by atoms with E-state index in [0.29, 0.717) is 0 Å². The van der Waals surface area contributed by atoms with E-state index in [0.717, 1.165) is 15.8 Å². The summed E-state index contributed by atoms with van der Waals surface area (Å²) in [5.74, 6) is -4.93. The maximum absolute atomic E-state index is 13.2. The number of aromatic nitrogens is 2. The molecule has 0 unspecified atom stereocenters. The molecular formula is C18H16F7N3O2. The largest absolute Gasteiger partial charge is 0.410 e. The van der Waals surface area contributed by atoms with E-state index in [1.165, 1.54) is 30.3 Å². The van der Waals surface area contributed by atoms with Crippen LogP contribution in [0.1, 0.15) is 28.4 Å². The Morgan fingerprint density at radius 3 is 2.60 bits per heavy atom. The molecule has 1 aliphatic heterocycles. The lowest BCUT2D eigenvalue weighted by atomic mass is 10.1. The number of rotatable bonds is 6. The van der Waals surface area contributed by atoms with Crippen molar-refractivity contribution in [2.75, 3.05) is 18.1 Å². The SMILES string of the molecule is O=C(c1cccc(COCC(F)(F)C(F)F)c1)N1CC[C@H](C(F)(F)F)n2nccc21. The number of amides is 1. The highest BCUT2D eigenvalue weighted by Gasteiger charge is 2.46. The molecule has 30 heavy (non-hydrogen) atoms. The van der Waals surface area contributed by atoms with Gasteiger partial charge in [0, 0.05) is 18.2 Å². The summed E-state index contributed by atoms with van der Waals surface area (Å²) in [6.07, 6.45) is -7.61. The minimum Gasteiger partial charge on any atom is -0.370 e. The number of hydrogen-bond acceptors (Lipinski definition) is 3. The van der Waals surface area contributed by atoms with E-state index >= 15 is 0 Å². The first-order valence-electron chi connectivity index (χ1n) is 8.75. The monoisotopic (exact) mass is 439 g/mol. The molecule has 5 nitrogen and oxygen atoms in total. The number of fused-ring (bicyclic) bond motifs is 1. The second-order valence-corrected chi connectivity index (χ2v) is 6.69. The van der Waals surface area contributed by atoms with Gasteiger partial charge in [-0.2, -0.15) is 27.1 Å². The average molecular weight is 439 g/mol. The first-order chi connectivity index (χ1) is 14.0. The maximum atomic E-state index is 13.2. The van der Waals surface area contributed by atoms with E-state index in [1.807, 2.05) is 0 Å². The van der Waals surface area contributed by atoms with Gasteiger partial charge in [0.15, 0.2) is 6.04 Å². The molecule has 0 radical (unpaired) electrons. The van der Waals surface area contributed by atoms with Crippen LogP contribution in [-0.2, 0) is 11.3 Å². The molecule has 12 heteroatoms. The van der Waals surface area contributed by atoms with Crippen molar-refractivity contribution in [3.05, 3.63) is 47.7 Å². The summed E-state index contributed by atoms with van der Waals surface area (Å²) in [7, 11) is 0. The lowest BCUT2D eigenvalue weighted by molar-refractivity contribution is -0.172. The zero-order chi connectivity index (χ0) is 22.1. The van der Waals surface area contributed by atoms with E-state index < -0.39 is 43.7 Å². The van der Waals surface area contributed by atoms with Crippen LogP contribution in [0, 0.1) is 0 Å². The molecule has 0 N–H and O–H groups in total. The number of ether oxygens (including phenoxy) is 1. The molecule has 0 spiro atoms. The van der Waals surface area contributed by atoms with Gasteiger partial charge in [-0.15, -0.1) is 0 Å². The second kappa shape index (κ2) is 8.25. The lowest BCUT2D eigenvalue weighted by Crippen LogP contribution is -2.43. The third kappa shape index (κ3) is 4.58. The van der Waals surface area contributed by atoms with Crippen LogP contribution in [0.25, 0.3) is 0 Å². The van der Waals surface area contributed by atoms with Crippen LogP contribution in [0.2, 0.25) is 0 Å². The Bertz CT molecular complexity index is 898. The number of alkyl halides is 7. The Hall–Kier alpha value is -2.63. The average Bonchev–Trinajstić information content (AvgIpc) is 3.15. The van der Waals surface area contributed by atoms with Gasteiger partial charge in [0.1, 0.15) is 12.4 Å². The highest BCUT2D eigenvalue weighted by molar-refractivity contribution is 6.05. The van der Waals surface area contributed by atoms with Crippen LogP contribution in [-0.4, -0.2) is 47.4 Å². The van der Waals surface area contributed by atoms with Crippen molar-refractivity contribution in [1.29, 1.82) is 0 Å². The number of hydrogen-bond donors (Lipinski definition) is 0. The van der Waals surface area contributed by atoms with Gasteiger partial charge in [0.2, 0.25) is 0 Å². The van der Waals surface area contributed by atoms with Crippen LogP contribution >= 0.6 is 0 Å². The quantitative estimate of drug-likeness (QED) is 0.625. The van der Waals surface area contributed by atoms with Crippen molar-refractivity contribution in [1.82, 2.24) is 9.78 Å². The van der Waals surface area contributed by atoms with E-state index in [2.05, 4.69) is 9.84 Å². The Morgan fingerprint density at radius 2 is 1.93 bits per heavy atom. The molecule has 1 amide bonds. The van der Waals surface area contributed by atoms with Crippen molar-refractivity contribution in [2.45, 2.75) is 37.6 Å². The van der Waals surface area contributed by atoms with Crippen LogP contribution < -0.4 is 4.90 Å². The Kier molecular flexibility index (Phi) is 6.06. The van der Waals surface area contributed by atoms with Gasteiger partial charge < -0.3 is 4.74 Å². The normalized spacial score (nSPS) is 17.3. The number of nitrogens with zero attached hydrogens (tertiary/aromatic N) is 3. The molecule has 0 aliphatic carbocycles. The van der Waals surface area contributed by atoms with Crippen LogP contribution in [0.15, 0.2) is 36.5 Å². The number of carbonyl (C=O) groups is 1. The first kappa shape index (κ1) is 22.1. The fourth-order valence-electron chi connectivity index (χ4n) is 3.08. The lowest BCUT2D eigenvalue weighted by Gasteiger charge is -2.33. The maximum Gasteiger partial charge on any atom is 0.410 e. The molecule has 1 aliphatic rings. The molecule has 0 fully saturated rings. The molecule has 0 saturated heterocycles. The topological polar surface area (TPSA) is 47.4 Å². The van der Waals surface area contributed by atoms with Crippen molar-refractivity contribution in [3.63, 3.8) is 0 Å². The van der Waals surface area contributed by atoms with Crippen LogP contribution in [0.4, 0.5) is 36.6 Å². The van der Waals surface area contributed by atoms with Gasteiger partial charge in [-0.25, -0.2) is 13.5 Å². The van der Waals surface area contributed by atoms with Crippen LogP contribution in [0.3, 0.4) is 0 Å². The Balaban J connectivity index is 1.73. The molecule has 2 aromatic rings. The standard InChI is InChI=1S/C18H16F7N3O2/c19-16(20)17(21,22)10-30-9-11-2-1-3-12(8-11)15(29)27-7-5-13(18(23,24)25)28-14(27)4-6-26-28/h1-4,6,8,13,16H,5,7,9-10H2/t13-/m1/s1. The fraction of sp³-hybridized carbons (Fsp3) is 0.444. The van der Waals surface area contributed by atoms with Gasteiger partial charge in [0.05, 0.1) is 12.8 Å². The number of benzene rings is 1. The summed E-state index contributed by atoms with van der Waals surface area (Å²) in [6, 6.07) is 5.02. The van der Waals surface area contributed by atoms with Gasteiger partial charge in [-0.05, 0) is 24.1 Å². The summed E-state index contributed by atoms with van der Waals surface area (Å²) in [4.78, 5) is 14.0. The van der Waals surface area contributed by atoms with E-state index in [9.17, 15) is 35.5 Å². The summed E-state index contributed by atoms with van der Waals surface area (Å²) in [5, 5.41) is 3.68. The van der Waals surface area contributed by atoms with E-state index in [4.69, 9.17) is 0 Å². The van der Waals surface area contributed by atoms with Gasteiger partial charge in [-0.1, -0.05) is 12.1 Å². The molecule has 0 bridgehead atoms. The van der Waals surface area contributed by atoms with E-state index in [-0.39, 0.29) is 29.9 Å². The zero-order valence-corrected chi connectivity index (χ0v) is 15.3. The van der Waals surface area contributed by atoms with Crippen molar-refractivity contribution in [3.8, 4) is 0 Å². The first-order valence-corrected chi connectivity index (χ1v) is 8.75. The second-order valence-electron chi connectivity index (χ2n) is 6.69. The zero-order valence-electron chi connectivity index (χ0n) is 15.3. The number of halogens is 7. The summed E-state index contributed by atoms with van der Waals surface area (Å²) in [5.41, 5.74) is 0.347. The number of carbonyl (C=O) groups excluding carboxylic acids is 1. The third-order valence-corrected chi connectivity index (χ3v) is 4.53. The highest BCUT2D eigenvalue weighted by atomic mass is 19.4. The van der Waals surface area contributed by atoms with Crippen molar-refractivity contribution < 1.29 is 40.3 Å². The van der Waals surface area contributed by atoms with Crippen molar-refractivity contribution >= 4 is 11.7 Å². The summed E-state index contributed by atoms with van der Waals surface area (Å²) < 4.78 is 95.0. The molecule has 1 aromatic heterocycles. The molecule has 164 valence electrons. The fourth-order valence-corrected chi connectivity index (χ4v) is 3.08. The molecular weight excluding hydrogens is 423 g/mol. The summed E-state index contributed by atoms with van der Waals surface area (Å²) in [6.45, 7) is -2.14. The van der Waals surface area contributed by atoms with E-state index in [1.54, 1.807) is 0 Å². The predicted octanol–water partition coefficient (Wildman–Crippen LogP) is 4.45. The summed E-state index contributed by atoms with van der Waals surface area (Å²) >= 11 is 0. The highest BCUT2D eigenvalue weighted by Crippen LogP contribution is 2.39. The molecule has 1 atom stereocenters. The predicted molar refractivity (Wildman–Crippen MR) is 90.7 cm³/mol. The molecule has 3 rings (SSSR count). The van der Waals surface area contributed by atoms with Gasteiger partial charge in [0.25, 0.3) is 5.91 Å². The molecule has 0 saturated carbocycles.